The lowest BCUT2D eigenvalue weighted by Gasteiger charge is -2.33. The summed E-state index contributed by atoms with van der Waals surface area (Å²) >= 11 is 0. The maximum absolute atomic E-state index is 12.4. The molecule has 0 bridgehead atoms. The molecular formula is C23H28N4O4. The summed E-state index contributed by atoms with van der Waals surface area (Å²) in [6.07, 6.45) is 1.11. The Balaban J connectivity index is 1.25. The number of carbonyl (C=O) groups excluding carboxylic acids is 1. The number of aliphatic hydroxyl groups excluding tert-OH is 1. The van der Waals surface area contributed by atoms with Gasteiger partial charge in [-0.1, -0.05) is 12.1 Å². The standard InChI is InChI=1S/C23H28N4O4/c1-16(28)24-17-6-8-20(9-7-17)31-15-19(29)14-26-12-10-18(11-13-26)27-22-5-3-2-4-21(22)25-23(27)30/h2-9,18-19,29H,10-15H2,1H3,(H,24,28)(H,25,30). The third-order valence-corrected chi connectivity index (χ3v) is 5.63. The van der Waals surface area contributed by atoms with Crippen LogP contribution in [0.2, 0.25) is 0 Å². The molecule has 1 aromatic heterocycles. The highest BCUT2D eigenvalue weighted by molar-refractivity contribution is 5.88. The molecule has 31 heavy (non-hydrogen) atoms. The van der Waals surface area contributed by atoms with Crippen molar-refractivity contribution < 1.29 is 14.6 Å². The van der Waals surface area contributed by atoms with Gasteiger partial charge in [-0.15, -0.1) is 0 Å². The Morgan fingerprint density at radius 1 is 1.19 bits per heavy atom. The molecule has 1 atom stereocenters. The van der Waals surface area contributed by atoms with E-state index in [0.717, 1.165) is 37.0 Å². The Kier molecular flexibility index (Phi) is 6.39. The van der Waals surface area contributed by atoms with E-state index < -0.39 is 6.10 Å². The van der Waals surface area contributed by atoms with Crippen LogP contribution >= 0.6 is 0 Å². The molecule has 3 N–H and O–H groups in total. The number of rotatable bonds is 7. The van der Waals surface area contributed by atoms with Gasteiger partial charge < -0.3 is 25.0 Å². The molecule has 164 valence electrons. The number of hydrogen-bond acceptors (Lipinski definition) is 5. The third kappa shape index (κ3) is 5.15. The molecule has 1 amide bonds. The van der Waals surface area contributed by atoms with Gasteiger partial charge in [0.25, 0.3) is 0 Å². The smallest absolute Gasteiger partial charge is 0.326 e. The van der Waals surface area contributed by atoms with Crippen molar-refractivity contribution in [2.45, 2.75) is 31.9 Å². The minimum atomic E-state index is -0.609. The number of aliphatic hydroxyl groups is 1. The van der Waals surface area contributed by atoms with E-state index in [0.29, 0.717) is 18.0 Å². The van der Waals surface area contributed by atoms with Crippen molar-refractivity contribution in [1.29, 1.82) is 0 Å². The molecule has 2 aromatic carbocycles. The third-order valence-electron chi connectivity index (χ3n) is 5.63. The summed E-state index contributed by atoms with van der Waals surface area (Å²) in [5.74, 6) is 0.521. The van der Waals surface area contributed by atoms with Gasteiger partial charge >= 0.3 is 5.69 Å². The van der Waals surface area contributed by atoms with Crippen molar-refractivity contribution in [2.24, 2.45) is 0 Å². The normalized spacial score (nSPS) is 16.3. The second-order valence-electron chi connectivity index (χ2n) is 8.02. The van der Waals surface area contributed by atoms with Gasteiger partial charge in [0, 0.05) is 38.3 Å². The number of carbonyl (C=O) groups is 1. The lowest BCUT2D eigenvalue weighted by Crippen LogP contribution is -2.42. The predicted octanol–water partition coefficient (Wildman–Crippen LogP) is 2.36. The molecule has 2 heterocycles. The summed E-state index contributed by atoms with van der Waals surface area (Å²) in [5, 5.41) is 13.1. The molecule has 1 fully saturated rings. The number of nitrogens with one attached hydrogen (secondary N) is 2. The lowest BCUT2D eigenvalue weighted by atomic mass is 10.0. The van der Waals surface area contributed by atoms with Gasteiger partial charge in [0.05, 0.1) is 11.0 Å². The lowest BCUT2D eigenvalue weighted by molar-refractivity contribution is -0.114. The van der Waals surface area contributed by atoms with Crippen molar-refractivity contribution in [3.8, 4) is 5.75 Å². The van der Waals surface area contributed by atoms with Gasteiger partial charge in [-0.2, -0.15) is 0 Å². The summed E-state index contributed by atoms with van der Waals surface area (Å²) < 4.78 is 7.55. The number of imidazole rings is 1. The number of amides is 1. The van der Waals surface area contributed by atoms with E-state index in [1.807, 2.05) is 28.8 Å². The van der Waals surface area contributed by atoms with Crippen LogP contribution in [0.4, 0.5) is 5.69 Å². The maximum Gasteiger partial charge on any atom is 0.326 e. The average molecular weight is 425 g/mol. The summed E-state index contributed by atoms with van der Waals surface area (Å²) in [6, 6.07) is 15.0. The number of ether oxygens (including phenoxy) is 1. The van der Waals surface area contributed by atoms with Gasteiger partial charge in [0.15, 0.2) is 0 Å². The summed E-state index contributed by atoms with van der Waals surface area (Å²) in [6.45, 7) is 3.82. The van der Waals surface area contributed by atoms with E-state index in [9.17, 15) is 14.7 Å². The Morgan fingerprint density at radius 3 is 2.61 bits per heavy atom. The predicted molar refractivity (Wildman–Crippen MR) is 120 cm³/mol. The van der Waals surface area contributed by atoms with Gasteiger partial charge in [-0.25, -0.2) is 4.79 Å². The fourth-order valence-corrected chi connectivity index (χ4v) is 4.18. The van der Waals surface area contributed by atoms with Crippen LogP contribution in [-0.4, -0.2) is 57.8 Å². The first-order chi connectivity index (χ1) is 15.0. The molecule has 0 aliphatic carbocycles. The van der Waals surface area contributed by atoms with Crippen LogP contribution in [0.25, 0.3) is 11.0 Å². The Morgan fingerprint density at radius 2 is 1.90 bits per heavy atom. The van der Waals surface area contributed by atoms with E-state index in [4.69, 9.17) is 4.74 Å². The van der Waals surface area contributed by atoms with Gasteiger partial charge in [-0.05, 0) is 49.2 Å². The molecule has 1 unspecified atom stereocenters. The molecule has 0 saturated carbocycles. The number of likely N-dealkylation sites (tertiary alicyclic amines) is 1. The topological polar surface area (TPSA) is 99.6 Å². The first kappa shape index (κ1) is 21.1. The van der Waals surface area contributed by atoms with Gasteiger partial charge in [0.1, 0.15) is 18.5 Å². The van der Waals surface area contributed by atoms with E-state index in [-0.39, 0.29) is 24.2 Å². The van der Waals surface area contributed by atoms with Crippen LogP contribution in [0.15, 0.2) is 53.3 Å². The molecule has 1 saturated heterocycles. The monoisotopic (exact) mass is 424 g/mol. The second kappa shape index (κ2) is 9.36. The number of piperidine rings is 1. The van der Waals surface area contributed by atoms with Crippen LogP contribution in [0.3, 0.4) is 0 Å². The zero-order valence-electron chi connectivity index (χ0n) is 17.6. The summed E-state index contributed by atoms with van der Waals surface area (Å²) in [4.78, 5) is 28.6. The highest BCUT2D eigenvalue weighted by Crippen LogP contribution is 2.25. The number of anilines is 1. The zero-order chi connectivity index (χ0) is 21.8. The van der Waals surface area contributed by atoms with E-state index >= 15 is 0 Å². The molecular weight excluding hydrogens is 396 g/mol. The quantitative estimate of drug-likeness (QED) is 0.541. The minimum Gasteiger partial charge on any atom is -0.491 e. The fourth-order valence-electron chi connectivity index (χ4n) is 4.18. The first-order valence-electron chi connectivity index (χ1n) is 10.6. The van der Waals surface area contributed by atoms with E-state index in [1.54, 1.807) is 24.3 Å². The van der Waals surface area contributed by atoms with Crippen molar-refractivity contribution in [3.63, 3.8) is 0 Å². The largest absolute Gasteiger partial charge is 0.491 e. The Bertz CT molecular complexity index is 1080. The van der Waals surface area contributed by atoms with Gasteiger partial charge in [-0.3, -0.25) is 9.36 Å². The number of fused-ring (bicyclic) bond motifs is 1. The van der Waals surface area contributed by atoms with E-state index in [2.05, 4.69) is 15.2 Å². The van der Waals surface area contributed by atoms with Crippen LogP contribution in [-0.2, 0) is 4.79 Å². The molecule has 8 nitrogen and oxygen atoms in total. The van der Waals surface area contributed by atoms with Crippen molar-refractivity contribution >= 4 is 22.6 Å². The minimum absolute atomic E-state index is 0.0578. The highest BCUT2D eigenvalue weighted by atomic mass is 16.5. The molecule has 0 spiro atoms. The molecule has 1 aliphatic rings. The molecule has 1 aliphatic heterocycles. The zero-order valence-corrected chi connectivity index (χ0v) is 17.6. The number of β-amino-alcohol motifs (C(OH)–C–C–N with tert-alkyl or cyclic N) is 1. The number of hydrogen-bond donors (Lipinski definition) is 3. The number of H-pyrrole nitrogens is 1. The summed E-state index contributed by atoms with van der Waals surface area (Å²) in [5.41, 5.74) is 2.46. The van der Waals surface area contributed by atoms with Crippen molar-refractivity contribution in [2.75, 3.05) is 31.6 Å². The Labute approximate surface area is 180 Å². The number of aromatic amines is 1. The molecule has 4 rings (SSSR count). The fraction of sp³-hybridized carbons (Fsp3) is 0.391. The van der Waals surface area contributed by atoms with Crippen LogP contribution in [0.1, 0.15) is 25.8 Å². The molecule has 0 radical (unpaired) electrons. The SMILES string of the molecule is CC(=O)Nc1ccc(OCC(O)CN2CCC(n3c(=O)[nH]c4ccccc43)CC2)cc1. The van der Waals surface area contributed by atoms with Gasteiger partial charge in [0.2, 0.25) is 5.91 Å². The maximum atomic E-state index is 12.4. The molecule has 3 aromatic rings. The Hall–Kier alpha value is -3.10. The second-order valence-corrected chi connectivity index (χ2v) is 8.02. The first-order valence-corrected chi connectivity index (χ1v) is 10.6. The highest BCUT2D eigenvalue weighted by Gasteiger charge is 2.24. The molecule has 8 heteroatoms. The average Bonchev–Trinajstić information content (AvgIpc) is 3.09. The van der Waals surface area contributed by atoms with Crippen molar-refractivity contribution in [3.05, 3.63) is 59.0 Å². The number of nitrogens with zero attached hydrogens (tertiary/aromatic N) is 2. The van der Waals surface area contributed by atoms with Crippen LogP contribution in [0, 0.1) is 0 Å². The van der Waals surface area contributed by atoms with Crippen LogP contribution in [0.5, 0.6) is 5.75 Å². The van der Waals surface area contributed by atoms with E-state index in [1.165, 1.54) is 6.92 Å². The number of aromatic nitrogens is 2. The van der Waals surface area contributed by atoms with Crippen molar-refractivity contribution in [1.82, 2.24) is 14.5 Å². The number of para-hydroxylation sites is 2. The van der Waals surface area contributed by atoms with Crippen LogP contribution < -0.4 is 15.7 Å². The summed E-state index contributed by atoms with van der Waals surface area (Å²) in [7, 11) is 0. The number of benzene rings is 2.